The van der Waals surface area contributed by atoms with E-state index in [0.717, 1.165) is 5.56 Å². The first-order valence-electron chi connectivity index (χ1n) is 7.55. The number of hydrogen-bond donors (Lipinski definition) is 3. The van der Waals surface area contributed by atoms with Crippen molar-refractivity contribution in [3.8, 4) is 23.0 Å². The molecule has 0 saturated carbocycles. The maximum atomic E-state index is 12.7. The third kappa shape index (κ3) is 5.23. The second-order valence-electron chi connectivity index (χ2n) is 5.37. The Kier molecular flexibility index (Phi) is 6.26. The van der Waals surface area contributed by atoms with Crippen LogP contribution in [-0.4, -0.2) is 34.9 Å². The molecule has 0 radical (unpaired) electrons. The number of benzene rings is 2. The van der Waals surface area contributed by atoms with Crippen molar-refractivity contribution in [1.82, 2.24) is 0 Å². The molecular formula is C17H19O8P. The van der Waals surface area contributed by atoms with Crippen LogP contribution in [0.3, 0.4) is 0 Å². The van der Waals surface area contributed by atoms with Gasteiger partial charge in [-0.25, -0.2) is 4.57 Å². The molecule has 8 nitrogen and oxygen atoms in total. The summed E-state index contributed by atoms with van der Waals surface area (Å²) in [6.07, 6.45) is 0.411. The zero-order valence-electron chi connectivity index (χ0n) is 14.2. The van der Waals surface area contributed by atoms with E-state index in [-0.39, 0.29) is 35.0 Å². The van der Waals surface area contributed by atoms with E-state index >= 15 is 0 Å². The lowest BCUT2D eigenvalue weighted by Gasteiger charge is -2.16. The van der Waals surface area contributed by atoms with Crippen molar-refractivity contribution in [2.45, 2.75) is 12.8 Å². The highest BCUT2D eigenvalue weighted by Gasteiger charge is 2.26. The number of ketones is 1. The number of phosphoric ester groups is 1. The smallest absolute Gasteiger partial charge is 0.508 e. The molecule has 3 N–H and O–H groups in total. The molecule has 0 heterocycles. The third-order valence-electron chi connectivity index (χ3n) is 3.57. The molecule has 140 valence electrons. The summed E-state index contributed by atoms with van der Waals surface area (Å²) in [4.78, 5) is 30.9. The van der Waals surface area contributed by atoms with Crippen LogP contribution in [0.1, 0.15) is 22.3 Å². The Morgan fingerprint density at radius 1 is 1.04 bits per heavy atom. The van der Waals surface area contributed by atoms with Crippen LogP contribution in [0.4, 0.5) is 0 Å². The predicted molar refractivity (Wildman–Crippen MR) is 93.0 cm³/mol. The maximum absolute atomic E-state index is 12.7. The van der Waals surface area contributed by atoms with E-state index in [0.29, 0.717) is 6.42 Å². The van der Waals surface area contributed by atoms with E-state index in [1.807, 2.05) is 0 Å². The molecule has 2 rings (SSSR count). The zero-order valence-corrected chi connectivity index (χ0v) is 15.1. The van der Waals surface area contributed by atoms with E-state index in [9.17, 15) is 14.5 Å². The third-order valence-corrected chi connectivity index (χ3v) is 4.00. The number of carbonyl (C=O) groups is 1. The fourth-order valence-electron chi connectivity index (χ4n) is 2.37. The normalized spacial score (nSPS) is 11.1. The van der Waals surface area contributed by atoms with Crippen LogP contribution in [0, 0.1) is 0 Å². The molecule has 0 fully saturated rings. The minimum atomic E-state index is -4.89. The number of phosphoric acid groups is 1. The van der Waals surface area contributed by atoms with Gasteiger partial charge in [0.1, 0.15) is 28.6 Å². The number of carbonyl (C=O) groups excluding carboxylic acids is 1. The van der Waals surface area contributed by atoms with Gasteiger partial charge in [-0.2, -0.15) is 0 Å². The average Bonchev–Trinajstić information content (AvgIpc) is 2.58. The minimum Gasteiger partial charge on any atom is -0.508 e. The van der Waals surface area contributed by atoms with Crippen molar-refractivity contribution in [3.05, 3.63) is 47.5 Å². The molecule has 2 aromatic carbocycles. The highest BCUT2D eigenvalue weighted by atomic mass is 31.2. The second-order valence-corrected chi connectivity index (χ2v) is 6.54. The number of ether oxygens (including phenoxy) is 2. The van der Waals surface area contributed by atoms with Gasteiger partial charge in [-0.15, -0.1) is 0 Å². The lowest BCUT2D eigenvalue weighted by molar-refractivity contribution is 0.0978. The number of rotatable bonds is 8. The lowest BCUT2D eigenvalue weighted by atomic mass is 10.0. The molecule has 26 heavy (non-hydrogen) atoms. The maximum Gasteiger partial charge on any atom is 0.524 e. The SMILES string of the molecule is COc1cc(OC)c(C(=O)CCc2ccc(O)cc2)c(OP(=O)(O)O)c1. The molecule has 0 bridgehead atoms. The number of aryl methyl sites for hydroxylation is 1. The van der Waals surface area contributed by atoms with Crippen molar-refractivity contribution < 1.29 is 38.3 Å². The molecule has 0 atom stereocenters. The van der Waals surface area contributed by atoms with E-state index < -0.39 is 13.6 Å². The van der Waals surface area contributed by atoms with Crippen LogP contribution >= 0.6 is 7.82 Å². The van der Waals surface area contributed by atoms with Crippen molar-refractivity contribution in [2.75, 3.05) is 14.2 Å². The Bertz CT molecular complexity index is 825. The zero-order chi connectivity index (χ0) is 19.3. The highest BCUT2D eigenvalue weighted by Crippen LogP contribution is 2.44. The first-order valence-corrected chi connectivity index (χ1v) is 9.09. The van der Waals surface area contributed by atoms with Crippen LogP contribution in [0.2, 0.25) is 0 Å². The minimum absolute atomic E-state index is 0.0466. The average molecular weight is 382 g/mol. The molecule has 0 aliphatic heterocycles. The molecule has 0 spiro atoms. The van der Waals surface area contributed by atoms with Gasteiger partial charge in [0.05, 0.1) is 14.2 Å². The van der Waals surface area contributed by atoms with Crippen molar-refractivity contribution >= 4 is 13.6 Å². The van der Waals surface area contributed by atoms with Crippen LogP contribution in [0.5, 0.6) is 23.0 Å². The molecule has 0 aliphatic carbocycles. The first kappa shape index (κ1) is 19.8. The number of phenolic OH excluding ortho intramolecular Hbond substituents is 1. The number of methoxy groups -OCH3 is 2. The van der Waals surface area contributed by atoms with Crippen LogP contribution in [-0.2, 0) is 11.0 Å². The monoisotopic (exact) mass is 382 g/mol. The molecular weight excluding hydrogens is 363 g/mol. The summed E-state index contributed by atoms with van der Waals surface area (Å²) in [5, 5.41) is 9.29. The summed E-state index contributed by atoms with van der Waals surface area (Å²) >= 11 is 0. The Balaban J connectivity index is 2.33. The van der Waals surface area contributed by atoms with E-state index in [4.69, 9.17) is 19.3 Å². The Morgan fingerprint density at radius 3 is 2.19 bits per heavy atom. The fourth-order valence-corrected chi connectivity index (χ4v) is 2.77. The van der Waals surface area contributed by atoms with Gasteiger partial charge in [0.2, 0.25) is 0 Å². The van der Waals surface area contributed by atoms with Gasteiger partial charge in [-0.3, -0.25) is 14.6 Å². The molecule has 0 amide bonds. The summed E-state index contributed by atoms with van der Waals surface area (Å²) in [5.41, 5.74) is 0.747. The van der Waals surface area contributed by atoms with E-state index in [2.05, 4.69) is 4.52 Å². The molecule has 0 aromatic heterocycles. The topological polar surface area (TPSA) is 123 Å². The van der Waals surface area contributed by atoms with Gasteiger partial charge in [-0.05, 0) is 24.1 Å². The van der Waals surface area contributed by atoms with E-state index in [1.54, 1.807) is 12.1 Å². The van der Waals surface area contributed by atoms with E-state index in [1.165, 1.54) is 38.5 Å². The molecule has 0 unspecified atom stereocenters. The number of hydrogen-bond acceptors (Lipinski definition) is 6. The predicted octanol–water partition coefficient (Wildman–Crippen LogP) is 2.70. The van der Waals surface area contributed by atoms with Gasteiger partial charge in [0.15, 0.2) is 5.78 Å². The van der Waals surface area contributed by atoms with Gasteiger partial charge >= 0.3 is 7.82 Å². The summed E-state index contributed by atoms with van der Waals surface area (Å²) < 4.78 is 26.1. The molecule has 0 aliphatic rings. The Morgan fingerprint density at radius 2 is 1.65 bits per heavy atom. The van der Waals surface area contributed by atoms with Gasteiger partial charge < -0.3 is 19.1 Å². The summed E-state index contributed by atoms with van der Waals surface area (Å²) in [7, 11) is -2.20. The Labute approximate surface area is 150 Å². The fraction of sp³-hybridized carbons (Fsp3) is 0.235. The van der Waals surface area contributed by atoms with Crippen molar-refractivity contribution in [1.29, 1.82) is 0 Å². The van der Waals surface area contributed by atoms with Crippen molar-refractivity contribution in [3.63, 3.8) is 0 Å². The standard InChI is InChI=1S/C17H19O8P/c1-23-13-9-15(24-2)17(16(10-13)25-26(20,21)22)14(19)8-5-11-3-6-12(18)7-4-11/h3-4,6-7,9-10,18H,5,8H2,1-2H3,(H2,20,21,22). The Hall–Kier alpha value is -2.54. The quantitative estimate of drug-likeness (QED) is 0.470. The summed E-state index contributed by atoms with van der Waals surface area (Å²) in [6.45, 7) is 0. The molecule has 2 aromatic rings. The summed E-state index contributed by atoms with van der Waals surface area (Å²) in [6, 6.07) is 9.03. The largest absolute Gasteiger partial charge is 0.524 e. The lowest BCUT2D eigenvalue weighted by Crippen LogP contribution is -2.07. The first-order chi connectivity index (χ1) is 12.2. The van der Waals surface area contributed by atoms with Crippen LogP contribution in [0.25, 0.3) is 0 Å². The van der Waals surface area contributed by atoms with Gasteiger partial charge in [0.25, 0.3) is 0 Å². The molecule has 0 saturated heterocycles. The number of Topliss-reactive ketones (excluding diaryl/α,β-unsaturated/α-hetero) is 1. The van der Waals surface area contributed by atoms with Crippen LogP contribution < -0.4 is 14.0 Å². The van der Waals surface area contributed by atoms with Gasteiger partial charge in [0, 0.05) is 18.6 Å². The van der Waals surface area contributed by atoms with Crippen LogP contribution in [0.15, 0.2) is 36.4 Å². The number of aromatic hydroxyl groups is 1. The second kappa shape index (κ2) is 8.23. The highest BCUT2D eigenvalue weighted by molar-refractivity contribution is 7.46. The molecule has 9 heteroatoms. The summed E-state index contributed by atoms with van der Waals surface area (Å²) in [5.74, 6) is -0.301. The van der Waals surface area contributed by atoms with Crippen molar-refractivity contribution in [2.24, 2.45) is 0 Å². The number of phenols is 1. The van der Waals surface area contributed by atoms with Gasteiger partial charge in [-0.1, -0.05) is 12.1 Å².